The van der Waals surface area contributed by atoms with Gasteiger partial charge in [0.1, 0.15) is 5.52 Å². The summed E-state index contributed by atoms with van der Waals surface area (Å²) in [5.74, 6) is 0. The lowest BCUT2D eigenvalue weighted by molar-refractivity contribution is 0.597. The molecular weight excluding hydrogens is 182 g/mol. The van der Waals surface area contributed by atoms with Crippen molar-refractivity contribution in [3.05, 3.63) is 41.9 Å². The molecule has 0 aliphatic rings. The fraction of sp³-hybridized carbons (Fsp3) is 0.100. The lowest BCUT2D eigenvalue weighted by atomic mass is 10.3. The van der Waals surface area contributed by atoms with Gasteiger partial charge < -0.3 is 4.55 Å². The number of hydrogen-bond acceptors (Lipinski definition) is 2. The number of aromatic nitrogens is 1. The molecule has 0 N–H and O–H groups in total. The van der Waals surface area contributed by atoms with E-state index in [9.17, 15) is 4.55 Å². The smallest absolute Gasteiger partial charge is 0.246 e. The first-order chi connectivity index (χ1) is 6.33. The van der Waals surface area contributed by atoms with Gasteiger partial charge in [-0.05, 0) is 16.8 Å². The third-order valence-electron chi connectivity index (χ3n) is 1.84. The van der Waals surface area contributed by atoms with Crippen molar-refractivity contribution in [2.75, 3.05) is 0 Å². The van der Waals surface area contributed by atoms with E-state index in [2.05, 4.69) is 11.6 Å². The molecule has 2 aromatic rings. The standard InChI is InChI=1S/C10H9NOS/c1-2-5-10-11-8-6-3-4-7-9(8)13(10)12/h2-4,6-7H,1,5H2. The van der Waals surface area contributed by atoms with Crippen molar-refractivity contribution < 1.29 is 4.55 Å². The van der Waals surface area contributed by atoms with E-state index in [4.69, 9.17) is 0 Å². The van der Waals surface area contributed by atoms with Crippen molar-refractivity contribution in [2.45, 2.75) is 6.42 Å². The van der Waals surface area contributed by atoms with E-state index >= 15 is 0 Å². The van der Waals surface area contributed by atoms with Crippen LogP contribution in [0.1, 0.15) is 5.01 Å². The number of nitrogens with zero attached hydrogens (tertiary/aromatic N) is 1. The Hall–Kier alpha value is -1.19. The second kappa shape index (κ2) is 3.28. The molecule has 2 rings (SSSR count). The van der Waals surface area contributed by atoms with Gasteiger partial charge in [-0.2, -0.15) is 4.98 Å². The lowest BCUT2D eigenvalue weighted by Gasteiger charge is -1.90. The van der Waals surface area contributed by atoms with Gasteiger partial charge in [0.25, 0.3) is 0 Å². The monoisotopic (exact) mass is 191 g/mol. The number of fused-ring (bicyclic) bond motifs is 1. The predicted molar refractivity (Wildman–Crippen MR) is 54.3 cm³/mol. The molecule has 0 bridgehead atoms. The van der Waals surface area contributed by atoms with E-state index < -0.39 is 10.8 Å². The Balaban J connectivity index is 2.66. The van der Waals surface area contributed by atoms with Crippen molar-refractivity contribution in [3.8, 4) is 0 Å². The Morgan fingerprint density at radius 1 is 1.46 bits per heavy atom. The van der Waals surface area contributed by atoms with Gasteiger partial charge in [-0.15, -0.1) is 6.58 Å². The Morgan fingerprint density at radius 2 is 2.23 bits per heavy atom. The van der Waals surface area contributed by atoms with Crippen LogP contribution in [-0.4, -0.2) is 9.54 Å². The summed E-state index contributed by atoms with van der Waals surface area (Å²) < 4.78 is 12.5. The predicted octanol–water partition coefficient (Wildman–Crippen LogP) is 2.69. The zero-order valence-electron chi connectivity index (χ0n) is 7.06. The largest absolute Gasteiger partial charge is 0.589 e. The normalized spacial score (nSPS) is 11.9. The summed E-state index contributed by atoms with van der Waals surface area (Å²) in [7, 11) is -1.06. The SMILES string of the molecule is C=CCc1nc2ccccc2[s+]1[O-]. The molecular formula is C10H9NOS. The van der Waals surface area contributed by atoms with Crippen LogP contribution in [0.3, 0.4) is 0 Å². The number of para-hydroxylation sites is 1. The summed E-state index contributed by atoms with van der Waals surface area (Å²) in [4.78, 5) is 4.27. The van der Waals surface area contributed by atoms with Crippen LogP contribution in [0.25, 0.3) is 10.2 Å². The maximum absolute atomic E-state index is 11.7. The zero-order valence-corrected chi connectivity index (χ0v) is 7.88. The second-order valence-corrected chi connectivity index (χ2v) is 4.18. The molecule has 66 valence electrons. The average molecular weight is 191 g/mol. The number of rotatable bonds is 2. The van der Waals surface area contributed by atoms with Crippen molar-refractivity contribution >= 4 is 21.0 Å². The first-order valence-electron chi connectivity index (χ1n) is 4.02. The minimum atomic E-state index is -1.06. The van der Waals surface area contributed by atoms with Gasteiger partial charge in [0, 0.05) is 6.07 Å². The third kappa shape index (κ3) is 1.36. The minimum Gasteiger partial charge on any atom is -0.589 e. The fourth-order valence-corrected chi connectivity index (χ4v) is 2.46. The average Bonchev–Trinajstić information content (AvgIpc) is 2.46. The van der Waals surface area contributed by atoms with Crippen molar-refractivity contribution in [1.29, 1.82) is 0 Å². The van der Waals surface area contributed by atoms with Crippen LogP contribution in [0, 0.1) is 0 Å². The van der Waals surface area contributed by atoms with Crippen molar-refractivity contribution in [2.24, 2.45) is 0 Å². The summed E-state index contributed by atoms with van der Waals surface area (Å²) in [6.45, 7) is 3.61. The Bertz CT molecular complexity index is 447. The Labute approximate surface area is 79.3 Å². The molecule has 1 aromatic carbocycles. The zero-order chi connectivity index (χ0) is 9.26. The molecule has 0 saturated heterocycles. The van der Waals surface area contributed by atoms with E-state index in [0.717, 1.165) is 10.2 Å². The maximum atomic E-state index is 11.7. The van der Waals surface area contributed by atoms with Gasteiger partial charge in [-0.25, -0.2) is 0 Å². The summed E-state index contributed by atoms with van der Waals surface area (Å²) in [6.07, 6.45) is 2.32. The van der Waals surface area contributed by atoms with Gasteiger partial charge in [0.2, 0.25) is 5.01 Å². The van der Waals surface area contributed by atoms with Gasteiger partial charge in [0.15, 0.2) is 4.70 Å². The van der Waals surface area contributed by atoms with Crippen LogP contribution in [0.15, 0.2) is 36.9 Å². The third-order valence-corrected chi connectivity index (χ3v) is 3.27. The lowest BCUT2D eigenvalue weighted by Crippen LogP contribution is -1.78. The van der Waals surface area contributed by atoms with Crippen LogP contribution in [0.4, 0.5) is 0 Å². The number of allylic oxidation sites excluding steroid dienone is 1. The molecule has 3 heteroatoms. The van der Waals surface area contributed by atoms with Crippen LogP contribution in [0.5, 0.6) is 0 Å². The molecule has 1 heterocycles. The summed E-state index contributed by atoms with van der Waals surface area (Å²) in [5, 5.41) is 0.705. The molecule has 1 aromatic heterocycles. The molecule has 0 fully saturated rings. The minimum absolute atomic E-state index is 0.599. The highest BCUT2D eigenvalue weighted by molar-refractivity contribution is 7.31. The second-order valence-electron chi connectivity index (χ2n) is 2.73. The first-order valence-corrected chi connectivity index (χ1v) is 5.17. The topological polar surface area (TPSA) is 36.0 Å². The first kappa shape index (κ1) is 8.41. The van der Waals surface area contributed by atoms with Crippen LogP contribution < -0.4 is 0 Å². The molecule has 0 saturated carbocycles. The number of thiazole rings is 1. The fourth-order valence-electron chi connectivity index (χ4n) is 1.25. The van der Waals surface area contributed by atoms with Gasteiger partial charge in [-0.3, -0.25) is 0 Å². The van der Waals surface area contributed by atoms with Crippen LogP contribution in [0.2, 0.25) is 0 Å². The van der Waals surface area contributed by atoms with Crippen LogP contribution in [-0.2, 0) is 6.42 Å². The van der Waals surface area contributed by atoms with Crippen LogP contribution >= 0.6 is 10.8 Å². The molecule has 0 aliphatic carbocycles. The highest BCUT2D eigenvalue weighted by Gasteiger charge is 2.12. The summed E-state index contributed by atoms with van der Waals surface area (Å²) in [5.41, 5.74) is 0.831. The quantitative estimate of drug-likeness (QED) is 0.540. The Morgan fingerprint density at radius 3 is 2.92 bits per heavy atom. The molecule has 2 nitrogen and oxygen atoms in total. The number of benzene rings is 1. The molecule has 0 radical (unpaired) electrons. The van der Waals surface area contributed by atoms with E-state index in [1.54, 1.807) is 6.08 Å². The maximum Gasteiger partial charge on any atom is 0.246 e. The van der Waals surface area contributed by atoms with E-state index in [0.29, 0.717) is 11.4 Å². The molecule has 0 spiro atoms. The van der Waals surface area contributed by atoms with Crippen molar-refractivity contribution in [3.63, 3.8) is 0 Å². The van der Waals surface area contributed by atoms with Gasteiger partial charge in [0.05, 0.1) is 6.42 Å². The highest BCUT2D eigenvalue weighted by atomic mass is 32.2. The van der Waals surface area contributed by atoms with E-state index in [1.165, 1.54) is 0 Å². The summed E-state index contributed by atoms with van der Waals surface area (Å²) in [6, 6.07) is 7.51. The number of hydrogen-bond donors (Lipinski definition) is 0. The molecule has 0 amide bonds. The van der Waals surface area contributed by atoms with Gasteiger partial charge >= 0.3 is 0 Å². The molecule has 1 atom stereocenters. The van der Waals surface area contributed by atoms with E-state index in [-0.39, 0.29) is 0 Å². The molecule has 0 aliphatic heterocycles. The van der Waals surface area contributed by atoms with Crippen molar-refractivity contribution in [1.82, 2.24) is 4.98 Å². The Kier molecular flexibility index (Phi) is 2.12. The highest BCUT2D eigenvalue weighted by Crippen LogP contribution is 2.30. The van der Waals surface area contributed by atoms with Gasteiger partial charge in [-0.1, -0.05) is 18.2 Å². The molecule has 1 unspecified atom stereocenters. The summed E-state index contributed by atoms with van der Waals surface area (Å²) >= 11 is 0. The van der Waals surface area contributed by atoms with E-state index in [1.807, 2.05) is 24.3 Å². The molecule has 13 heavy (non-hydrogen) atoms.